The second-order valence-corrected chi connectivity index (χ2v) is 8.39. The molecule has 0 N–H and O–H groups in total. The van der Waals surface area contributed by atoms with Crippen LogP contribution in [0, 0.1) is 0 Å². The molecule has 0 amide bonds. The van der Waals surface area contributed by atoms with E-state index in [0.29, 0.717) is 23.3 Å². The van der Waals surface area contributed by atoms with E-state index in [1.165, 1.54) is 19.3 Å². The van der Waals surface area contributed by atoms with Crippen LogP contribution in [0.1, 0.15) is 37.8 Å². The fourth-order valence-corrected chi connectivity index (χ4v) is 4.77. The van der Waals surface area contributed by atoms with Crippen LogP contribution in [0.25, 0.3) is 11.3 Å². The van der Waals surface area contributed by atoms with Crippen LogP contribution in [-0.4, -0.2) is 43.2 Å². The predicted octanol–water partition coefficient (Wildman–Crippen LogP) is 4.75. The fraction of sp³-hybridized carbons (Fsp3) is 0.375. The molecule has 0 unspecified atom stereocenters. The number of methoxy groups -OCH3 is 3. The monoisotopic (exact) mass is 452 g/mol. The Bertz CT molecular complexity index is 1110. The summed E-state index contributed by atoms with van der Waals surface area (Å²) in [7, 11) is 4.83. The highest BCUT2D eigenvalue weighted by atomic mass is 32.1. The lowest BCUT2D eigenvalue weighted by molar-refractivity contribution is 0.324. The highest BCUT2D eigenvalue weighted by Gasteiger charge is 2.18. The number of pyridine rings is 1. The summed E-state index contributed by atoms with van der Waals surface area (Å²) in [5.74, 6) is 1.75. The zero-order chi connectivity index (χ0) is 22.3. The maximum atomic E-state index is 5.56. The van der Waals surface area contributed by atoms with Gasteiger partial charge in [-0.2, -0.15) is 5.10 Å². The Hall–Kier alpha value is -3.13. The summed E-state index contributed by atoms with van der Waals surface area (Å²) >= 11 is 1.59. The molecule has 32 heavy (non-hydrogen) atoms. The van der Waals surface area contributed by atoms with Crippen molar-refractivity contribution >= 4 is 17.6 Å². The number of nitrogens with zero attached hydrogens (tertiary/aromatic N) is 4. The molecule has 1 aliphatic carbocycles. The molecule has 2 aromatic heterocycles. The van der Waals surface area contributed by atoms with Gasteiger partial charge in [-0.1, -0.05) is 25.3 Å². The van der Waals surface area contributed by atoms with Crippen LogP contribution >= 0.6 is 11.3 Å². The van der Waals surface area contributed by atoms with Gasteiger partial charge in [-0.25, -0.2) is 4.68 Å². The minimum Gasteiger partial charge on any atom is -0.493 e. The topological polar surface area (TPSA) is 70.2 Å². The van der Waals surface area contributed by atoms with Gasteiger partial charge in [-0.3, -0.25) is 9.98 Å². The highest BCUT2D eigenvalue weighted by Crippen LogP contribution is 2.41. The maximum Gasteiger partial charge on any atom is 0.206 e. The normalized spacial score (nSPS) is 15.3. The Morgan fingerprint density at radius 1 is 1.03 bits per heavy atom. The standard InChI is InChI=1S/C24H28N4O3S/c1-29-21-13-17(14-22(30-2)23(21)31-3)20-16-32-24(27-18-9-5-4-6-10-18)28(20)26-15-19-11-7-8-12-25-19/h7-8,11-16,18H,4-6,9-10H2,1-3H3. The molecule has 1 aromatic carbocycles. The zero-order valence-corrected chi connectivity index (χ0v) is 19.5. The van der Waals surface area contributed by atoms with Crippen molar-refractivity contribution in [1.29, 1.82) is 0 Å². The van der Waals surface area contributed by atoms with E-state index in [0.717, 1.165) is 34.6 Å². The molecular weight excluding hydrogens is 424 g/mol. The molecule has 8 heteroatoms. The van der Waals surface area contributed by atoms with Gasteiger partial charge in [0.05, 0.1) is 45.0 Å². The van der Waals surface area contributed by atoms with Crippen molar-refractivity contribution in [2.75, 3.05) is 21.3 Å². The average Bonchev–Trinajstić information content (AvgIpc) is 3.25. The average molecular weight is 453 g/mol. The third-order valence-electron chi connectivity index (χ3n) is 5.51. The molecule has 7 nitrogen and oxygen atoms in total. The van der Waals surface area contributed by atoms with E-state index in [1.54, 1.807) is 45.1 Å². The van der Waals surface area contributed by atoms with Crippen molar-refractivity contribution in [3.8, 4) is 28.5 Å². The minimum atomic E-state index is 0.339. The van der Waals surface area contributed by atoms with Crippen LogP contribution in [-0.2, 0) is 0 Å². The van der Waals surface area contributed by atoms with Crippen molar-refractivity contribution in [3.63, 3.8) is 0 Å². The molecule has 0 radical (unpaired) electrons. The molecule has 0 atom stereocenters. The summed E-state index contributed by atoms with van der Waals surface area (Å²) in [5.41, 5.74) is 2.58. The molecule has 0 saturated heterocycles. The Morgan fingerprint density at radius 2 is 1.78 bits per heavy atom. The third-order valence-corrected chi connectivity index (χ3v) is 6.34. The summed E-state index contributed by atoms with van der Waals surface area (Å²) in [5, 5.41) is 6.83. The predicted molar refractivity (Wildman–Crippen MR) is 127 cm³/mol. The van der Waals surface area contributed by atoms with Crippen LogP contribution in [0.3, 0.4) is 0 Å². The lowest BCUT2D eigenvalue weighted by Gasteiger charge is -2.17. The van der Waals surface area contributed by atoms with Crippen LogP contribution in [0.4, 0.5) is 0 Å². The molecule has 1 aliphatic rings. The molecular formula is C24H28N4O3S. The molecule has 0 bridgehead atoms. The number of benzene rings is 1. The summed E-state index contributed by atoms with van der Waals surface area (Å²) in [6.07, 6.45) is 9.53. The van der Waals surface area contributed by atoms with Crippen molar-refractivity contribution in [1.82, 2.24) is 9.66 Å². The first-order valence-electron chi connectivity index (χ1n) is 10.7. The number of hydrogen-bond donors (Lipinski definition) is 0. The largest absolute Gasteiger partial charge is 0.493 e. The van der Waals surface area contributed by atoms with Crippen molar-refractivity contribution in [2.45, 2.75) is 38.1 Å². The molecule has 1 saturated carbocycles. The van der Waals surface area contributed by atoms with E-state index in [2.05, 4.69) is 10.4 Å². The summed E-state index contributed by atoms with van der Waals surface area (Å²) in [6, 6.07) is 9.96. The molecule has 3 aromatic rings. The lowest BCUT2D eigenvalue weighted by atomic mass is 9.96. The smallest absolute Gasteiger partial charge is 0.206 e. The number of ether oxygens (including phenoxy) is 3. The second kappa shape index (κ2) is 10.5. The van der Waals surface area contributed by atoms with E-state index in [9.17, 15) is 0 Å². The number of hydrogen-bond acceptors (Lipinski definition) is 7. The number of thiazole rings is 1. The molecule has 0 aliphatic heterocycles. The van der Waals surface area contributed by atoms with Crippen LogP contribution in [0.5, 0.6) is 17.2 Å². The van der Waals surface area contributed by atoms with Gasteiger partial charge in [-0.15, -0.1) is 11.3 Å². The van der Waals surface area contributed by atoms with Gasteiger partial charge in [0.15, 0.2) is 11.5 Å². The fourth-order valence-electron chi connectivity index (χ4n) is 3.86. The van der Waals surface area contributed by atoms with Gasteiger partial charge >= 0.3 is 0 Å². The van der Waals surface area contributed by atoms with E-state index < -0.39 is 0 Å². The van der Waals surface area contributed by atoms with Crippen LogP contribution < -0.4 is 19.0 Å². The second-order valence-electron chi connectivity index (χ2n) is 7.55. The summed E-state index contributed by atoms with van der Waals surface area (Å²) < 4.78 is 18.5. The molecule has 168 valence electrons. The first-order valence-corrected chi connectivity index (χ1v) is 11.6. The van der Waals surface area contributed by atoms with E-state index in [-0.39, 0.29) is 0 Å². The van der Waals surface area contributed by atoms with Crippen molar-refractivity contribution in [3.05, 3.63) is 52.4 Å². The van der Waals surface area contributed by atoms with Gasteiger partial charge in [0.25, 0.3) is 0 Å². The van der Waals surface area contributed by atoms with E-state index in [1.807, 2.05) is 35.0 Å². The van der Waals surface area contributed by atoms with Crippen molar-refractivity contribution in [2.24, 2.45) is 10.1 Å². The van der Waals surface area contributed by atoms with Gasteiger partial charge in [-0.05, 0) is 37.1 Å². The SMILES string of the molecule is COc1cc(-c2csc(=NC3CCCCC3)n2N=Cc2ccccn2)cc(OC)c1OC. The quantitative estimate of drug-likeness (QED) is 0.485. The molecule has 2 heterocycles. The van der Waals surface area contributed by atoms with Gasteiger partial charge < -0.3 is 14.2 Å². The van der Waals surface area contributed by atoms with E-state index in [4.69, 9.17) is 24.3 Å². The number of aromatic nitrogens is 2. The Labute approximate surface area is 192 Å². The van der Waals surface area contributed by atoms with Crippen molar-refractivity contribution < 1.29 is 14.2 Å². The van der Waals surface area contributed by atoms with E-state index >= 15 is 0 Å². The van der Waals surface area contributed by atoms with Crippen LogP contribution in [0.2, 0.25) is 0 Å². The first-order chi connectivity index (χ1) is 15.7. The Kier molecular flexibility index (Phi) is 7.21. The molecule has 0 spiro atoms. The van der Waals surface area contributed by atoms with Gasteiger partial charge in [0, 0.05) is 17.1 Å². The third kappa shape index (κ3) is 4.85. The van der Waals surface area contributed by atoms with Crippen LogP contribution in [0.15, 0.2) is 52.0 Å². The molecule has 1 fully saturated rings. The summed E-state index contributed by atoms with van der Waals surface area (Å²) in [6.45, 7) is 0. The van der Waals surface area contributed by atoms with Gasteiger partial charge in [0.1, 0.15) is 0 Å². The van der Waals surface area contributed by atoms with Gasteiger partial charge in [0.2, 0.25) is 10.6 Å². The maximum absolute atomic E-state index is 5.56. The molecule has 4 rings (SSSR count). The zero-order valence-electron chi connectivity index (χ0n) is 18.7. The first kappa shape index (κ1) is 22.1. The number of rotatable bonds is 7. The highest BCUT2D eigenvalue weighted by molar-refractivity contribution is 7.07. The lowest BCUT2D eigenvalue weighted by Crippen LogP contribution is -2.19. The minimum absolute atomic E-state index is 0.339. The summed E-state index contributed by atoms with van der Waals surface area (Å²) in [4.78, 5) is 10.3. The Morgan fingerprint density at radius 3 is 2.41 bits per heavy atom. The Balaban J connectivity index is 1.83.